The molecule has 11 rings (SSSR count). The highest BCUT2D eigenvalue weighted by Crippen LogP contribution is 2.52. The zero-order valence-electron chi connectivity index (χ0n) is 33.2. The van der Waals surface area contributed by atoms with Crippen molar-refractivity contribution in [1.82, 2.24) is 4.57 Å². The number of aromatic nitrogens is 1. The molecule has 59 heavy (non-hydrogen) atoms. The highest BCUT2D eigenvalue weighted by molar-refractivity contribution is 6.17. The smallest absolute Gasteiger partial charge is 0.0547 e. The summed E-state index contributed by atoms with van der Waals surface area (Å²) in [4.78, 5) is 2.48. The van der Waals surface area contributed by atoms with Gasteiger partial charge in [-0.05, 0) is 111 Å². The van der Waals surface area contributed by atoms with Crippen LogP contribution in [-0.4, -0.2) is 4.57 Å². The number of benzene rings is 9. The molecule has 0 bridgehead atoms. The number of hydrogen-bond acceptors (Lipinski definition) is 1. The van der Waals surface area contributed by atoms with Gasteiger partial charge < -0.3 is 9.47 Å². The van der Waals surface area contributed by atoms with E-state index in [-0.39, 0.29) is 5.41 Å². The lowest BCUT2D eigenvalue weighted by molar-refractivity contribution is 0.660. The van der Waals surface area contributed by atoms with Crippen LogP contribution in [0.4, 0.5) is 17.1 Å². The number of rotatable bonds is 7. The molecule has 1 aliphatic rings. The van der Waals surface area contributed by atoms with Crippen molar-refractivity contribution in [1.29, 1.82) is 0 Å². The molecular formula is C57H42N2. The third kappa shape index (κ3) is 5.71. The summed E-state index contributed by atoms with van der Waals surface area (Å²) in [7, 11) is 0. The summed E-state index contributed by atoms with van der Waals surface area (Å²) in [5.74, 6) is 0. The summed E-state index contributed by atoms with van der Waals surface area (Å²) in [5.41, 5.74) is 19.3. The number of anilines is 3. The molecule has 0 radical (unpaired) electrons. The van der Waals surface area contributed by atoms with Crippen LogP contribution in [0.2, 0.25) is 0 Å². The molecule has 1 aromatic heterocycles. The van der Waals surface area contributed by atoms with Gasteiger partial charge in [-0.3, -0.25) is 0 Å². The van der Waals surface area contributed by atoms with Crippen LogP contribution in [0.5, 0.6) is 0 Å². The second kappa shape index (κ2) is 13.9. The van der Waals surface area contributed by atoms with Crippen LogP contribution in [0.3, 0.4) is 0 Å². The first-order valence-corrected chi connectivity index (χ1v) is 20.5. The average Bonchev–Trinajstić information content (AvgIpc) is 3.75. The summed E-state index contributed by atoms with van der Waals surface area (Å²) >= 11 is 0. The van der Waals surface area contributed by atoms with Crippen molar-refractivity contribution in [3.63, 3.8) is 0 Å². The van der Waals surface area contributed by atoms with Gasteiger partial charge in [-0.15, -0.1) is 0 Å². The highest BCUT2D eigenvalue weighted by Gasteiger charge is 2.36. The molecule has 0 aliphatic heterocycles. The fourth-order valence-electron chi connectivity index (χ4n) is 9.54. The molecule has 10 aromatic rings. The molecule has 0 amide bonds. The van der Waals surface area contributed by atoms with Gasteiger partial charge in [0.2, 0.25) is 0 Å². The Hall–Kier alpha value is -7.42. The van der Waals surface area contributed by atoms with Crippen LogP contribution >= 0.6 is 0 Å². The van der Waals surface area contributed by atoms with Crippen molar-refractivity contribution >= 4 is 38.9 Å². The molecule has 280 valence electrons. The Kier molecular flexibility index (Phi) is 8.20. The van der Waals surface area contributed by atoms with Gasteiger partial charge in [-0.1, -0.05) is 172 Å². The molecule has 2 heteroatoms. The fraction of sp³-hybridized carbons (Fsp3) is 0.0526. The molecule has 0 fully saturated rings. The van der Waals surface area contributed by atoms with Crippen LogP contribution in [0.15, 0.2) is 218 Å². The van der Waals surface area contributed by atoms with Crippen LogP contribution in [0, 0.1) is 0 Å². The molecule has 0 N–H and O–H groups in total. The van der Waals surface area contributed by atoms with E-state index in [1.807, 2.05) is 0 Å². The third-order valence-electron chi connectivity index (χ3n) is 12.4. The van der Waals surface area contributed by atoms with Gasteiger partial charge in [0.05, 0.1) is 16.7 Å². The predicted molar refractivity (Wildman–Crippen MR) is 249 cm³/mol. The molecule has 0 atom stereocenters. The highest BCUT2D eigenvalue weighted by atomic mass is 15.1. The van der Waals surface area contributed by atoms with E-state index in [0.717, 1.165) is 22.7 Å². The molecule has 0 saturated carbocycles. The third-order valence-corrected chi connectivity index (χ3v) is 12.4. The quantitative estimate of drug-likeness (QED) is 0.157. The zero-order valence-corrected chi connectivity index (χ0v) is 33.2. The van der Waals surface area contributed by atoms with Crippen LogP contribution in [0.1, 0.15) is 25.0 Å². The number of hydrogen-bond donors (Lipinski definition) is 0. The molecule has 9 aromatic carbocycles. The fourth-order valence-corrected chi connectivity index (χ4v) is 9.54. The summed E-state index contributed by atoms with van der Waals surface area (Å²) in [5, 5.41) is 2.46. The monoisotopic (exact) mass is 754 g/mol. The Morgan fingerprint density at radius 3 is 1.63 bits per heavy atom. The van der Waals surface area contributed by atoms with Gasteiger partial charge in [0.15, 0.2) is 0 Å². The van der Waals surface area contributed by atoms with Crippen LogP contribution in [0.25, 0.3) is 72.0 Å². The number of para-hydroxylation sites is 2. The Labute approximate surface area is 345 Å². The van der Waals surface area contributed by atoms with E-state index in [0.29, 0.717) is 0 Å². The van der Waals surface area contributed by atoms with Crippen molar-refractivity contribution in [2.75, 3.05) is 4.90 Å². The van der Waals surface area contributed by atoms with Gasteiger partial charge in [0, 0.05) is 38.8 Å². The van der Waals surface area contributed by atoms with Crippen molar-refractivity contribution in [3.8, 4) is 50.2 Å². The molecule has 0 saturated heterocycles. The van der Waals surface area contributed by atoms with E-state index in [4.69, 9.17) is 0 Å². The molecule has 1 heterocycles. The first kappa shape index (κ1) is 34.8. The summed E-state index contributed by atoms with van der Waals surface area (Å²) in [6.07, 6.45) is 0. The standard InChI is InChI=1S/C57H42N2/c1-57(2)51-36-42(39-18-7-3-8-19-39)30-33-48(51)49-34-31-45(38-52(49)57)58(53-28-16-15-26-46(53)40-20-9-4-10-21-40)44-32-35-54-50(37-44)56-47(41-22-11-5-12-23-41)27-17-29-55(56)59(54)43-24-13-6-14-25-43/h3-38H,1-2H3. The Balaban J connectivity index is 1.15. The number of fused-ring (bicyclic) bond motifs is 6. The van der Waals surface area contributed by atoms with E-state index in [2.05, 4.69) is 242 Å². The van der Waals surface area contributed by atoms with Gasteiger partial charge in [0.1, 0.15) is 0 Å². The van der Waals surface area contributed by atoms with E-state index in [1.165, 1.54) is 77.4 Å². The van der Waals surface area contributed by atoms with Crippen molar-refractivity contribution in [3.05, 3.63) is 230 Å². The molecule has 0 spiro atoms. The lowest BCUT2D eigenvalue weighted by Gasteiger charge is -2.30. The van der Waals surface area contributed by atoms with E-state index in [1.54, 1.807) is 0 Å². The second-order valence-corrected chi connectivity index (χ2v) is 16.1. The molecule has 2 nitrogen and oxygen atoms in total. The molecule has 1 aliphatic carbocycles. The minimum atomic E-state index is -0.201. The zero-order chi connectivity index (χ0) is 39.5. The van der Waals surface area contributed by atoms with Gasteiger partial charge in [-0.2, -0.15) is 0 Å². The minimum absolute atomic E-state index is 0.201. The summed E-state index contributed by atoms with van der Waals surface area (Å²) < 4.78 is 2.42. The maximum atomic E-state index is 2.48. The first-order valence-electron chi connectivity index (χ1n) is 20.5. The maximum Gasteiger partial charge on any atom is 0.0547 e. The Bertz CT molecular complexity index is 3160. The predicted octanol–water partition coefficient (Wildman–Crippen LogP) is 15.6. The van der Waals surface area contributed by atoms with Crippen molar-refractivity contribution < 1.29 is 0 Å². The first-order chi connectivity index (χ1) is 29.0. The largest absolute Gasteiger partial charge is 0.310 e. The Morgan fingerprint density at radius 1 is 0.373 bits per heavy atom. The van der Waals surface area contributed by atoms with Gasteiger partial charge in [-0.25, -0.2) is 0 Å². The van der Waals surface area contributed by atoms with Crippen molar-refractivity contribution in [2.45, 2.75) is 19.3 Å². The summed E-state index contributed by atoms with van der Waals surface area (Å²) in [6.45, 7) is 4.77. The molecular weight excluding hydrogens is 713 g/mol. The second-order valence-electron chi connectivity index (χ2n) is 16.1. The lowest BCUT2D eigenvalue weighted by Crippen LogP contribution is -2.17. The topological polar surface area (TPSA) is 8.17 Å². The van der Waals surface area contributed by atoms with E-state index >= 15 is 0 Å². The van der Waals surface area contributed by atoms with Crippen LogP contribution < -0.4 is 4.90 Å². The lowest BCUT2D eigenvalue weighted by atomic mass is 9.81. The SMILES string of the molecule is CC1(C)c2cc(-c3ccccc3)ccc2-c2ccc(N(c3ccc4c(c3)c3c(-c5ccccc5)cccc3n4-c3ccccc3)c3ccccc3-c3ccccc3)cc21. The van der Waals surface area contributed by atoms with E-state index < -0.39 is 0 Å². The number of nitrogens with zero attached hydrogens (tertiary/aromatic N) is 2. The maximum absolute atomic E-state index is 2.48. The average molecular weight is 755 g/mol. The Morgan fingerprint density at radius 2 is 0.915 bits per heavy atom. The van der Waals surface area contributed by atoms with E-state index in [9.17, 15) is 0 Å². The molecule has 0 unspecified atom stereocenters. The van der Waals surface area contributed by atoms with Gasteiger partial charge in [0.25, 0.3) is 0 Å². The van der Waals surface area contributed by atoms with Crippen LogP contribution in [-0.2, 0) is 5.41 Å². The van der Waals surface area contributed by atoms with Gasteiger partial charge >= 0.3 is 0 Å². The summed E-state index contributed by atoms with van der Waals surface area (Å²) in [6, 6.07) is 79.8. The minimum Gasteiger partial charge on any atom is -0.310 e. The normalized spacial score (nSPS) is 12.7. The van der Waals surface area contributed by atoms with Crippen molar-refractivity contribution in [2.24, 2.45) is 0 Å².